The first-order valence-corrected chi connectivity index (χ1v) is 4.14. The Hall–Kier alpha value is -0.370. The van der Waals surface area contributed by atoms with Crippen LogP contribution in [0.1, 0.15) is 27.7 Å². The number of aldehydes is 1. The number of ether oxygens (including phenoxy) is 1. The summed E-state index contributed by atoms with van der Waals surface area (Å²) in [6.07, 6.45) is 1.45. The van der Waals surface area contributed by atoms with Gasteiger partial charge in [-0.25, -0.2) is 0 Å². The fraction of sp³-hybridized carbons (Fsp3) is 0.889. The number of carbonyl (C=O) groups excluding carboxylic acids is 1. The second kappa shape index (κ2) is 5.30. The van der Waals surface area contributed by atoms with Gasteiger partial charge in [-0.2, -0.15) is 0 Å². The van der Waals surface area contributed by atoms with Crippen LogP contribution in [0.15, 0.2) is 0 Å². The van der Waals surface area contributed by atoms with Gasteiger partial charge < -0.3 is 9.53 Å². The van der Waals surface area contributed by atoms with E-state index in [0.717, 1.165) is 18.8 Å². The summed E-state index contributed by atoms with van der Waals surface area (Å²) in [6, 6.07) is 0. The summed E-state index contributed by atoms with van der Waals surface area (Å²) < 4.78 is 5.04. The van der Waals surface area contributed by atoms with Crippen LogP contribution >= 0.6 is 0 Å². The predicted molar refractivity (Wildman–Crippen MR) is 45.5 cm³/mol. The maximum atomic E-state index is 9.50. The Labute approximate surface area is 68.9 Å². The maximum absolute atomic E-state index is 9.50. The van der Waals surface area contributed by atoms with Crippen molar-refractivity contribution in [2.75, 3.05) is 6.61 Å². The van der Waals surface area contributed by atoms with E-state index in [1.54, 1.807) is 0 Å². The van der Waals surface area contributed by atoms with Crippen molar-refractivity contribution in [2.45, 2.75) is 33.8 Å². The molecular weight excluding hydrogens is 140 g/mol. The Morgan fingerprint density at radius 2 is 1.82 bits per heavy atom. The Morgan fingerprint density at radius 3 is 1.82 bits per heavy atom. The molecule has 2 unspecified atom stereocenters. The zero-order chi connectivity index (χ0) is 8.85. The molecule has 0 amide bonds. The first-order chi connectivity index (χ1) is 5.07. The van der Waals surface area contributed by atoms with Gasteiger partial charge in [-0.05, 0) is 6.92 Å². The lowest BCUT2D eigenvalue weighted by molar-refractivity contribution is -0.110. The topological polar surface area (TPSA) is 26.3 Å². The Bertz CT molecular complexity index is 102. The minimum atomic E-state index is 0.204. The maximum Gasteiger partial charge on any atom is 0.122 e. The van der Waals surface area contributed by atoms with Crippen molar-refractivity contribution in [3.05, 3.63) is 0 Å². The average molecular weight is 158 g/mol. The molecule has 0 bridgehead atoms. The summed E-state index contributed by atoms with van der Waals surface area (Å²) in [5.41, 5.74) is 0. The summed E-state index contributed by atoms with van der Waals surface area (Å²) >= 11 is 0. The van der Waals surface area contributed by atoms with E-state index in [2.05, 4.69) is 13.8 Å². The van der Waals surface area contributed by atoms with E-state index in [1.165, 1.54) is 0 Å². The standard InChI is InChI=1S/C5H10O.C4H8O/c1-4-3-6-5(4)2;1-4(2)3-5/h4-5H,3H2,1-2H3;3-4H,1-2H3. The summed E-state index contributed by atoms with van der Waals surface area (Å²) in [4.78, 5) is 9.50. The molecule has 0 spiro atoms. The van der Waals surface area contributed by atoms with Crippen molar-refractivity contribution in [3.8, 4) is 0 Å². The van der Waals surface area contributed by atoms with Crippen LogP contribution in [-0.4, -0.2) is 19.0 Å². The average Bonchev–Trinajstić information content (AvgIpc) is 2.02. The quantitative estimate of drug-likeness (QED) is 0.545. The summed E-state index contributed by atoms with van der Waals surface area (Å²) in [7, 11) is 0. The minimum Gasteiger partial charge on any atom is -0.378 e. The smallest absolute Gasteiger partial charge is 0.122 e. The van der Waals surface area contributed by atoms with Gasteiger partial charge in [0.1, 0.15) is 6.29 Å². The van der Waals surface area contributed by atoms with Crippen LogP contribution < -0.4 is 0 Å². The molecule has 0 radical (unpaired) electrons. The largest absolute Gasteiger partial charge is 0.378 e. The van der Waals surface area contributed by atoms with Gasteiger partial charge in [0.25, 0.3) is 0 Å². The van der Waals surface area contributed by atoms with Gasteiger partial charge in [0, 0.05) is 11.8 Å². The molecule has 0 aromatic rings. The zero-order valence-corrected chi connectivity index (χ0v) is 7.83. The second-order valence-corrected chi connectivity index (χ2v) is 3.40. The van der Waals surface area contributed by atoms with E-state index < -0.39 is 0 Å². The highest BCUT2D eigenvalue weighted by molar-refractivity contribution is 5.51. The molecule has 0 saturated carbocycles. The van der Waals surface area contributed by atoms with E-state index in [1.807, 2.05) is 13.8 Å². The van der Waals surface area contributed by atoms with E-state index in [-0.39, 0.29) is 5.92 Å². The molecule has 1 rings (SSSR count). The van der Waals surface area contributed by atoms with Gasteiger partial charge in [-0.3, -0.25) is 0 Å². The normalized spacial score (nSPS) is 28.5. The molecule has 66 valence electrons. The molecule has 2 nitrogen and oxygen atoms in total. The van der Waals surface area contributed by atoms with E-state index in [9.17, 15) is 4.79 Å². The van der Waals surface area contributed by atoms with E-state index >= 15 is 0 Å². The van der Waals surface area contributed by atoms with Gasteiger partial charge in [0.15, 0.2) is 0 Å². The molecule has 2 heteroatoms. The van der Waals surface area contributed by atoms with Gasteiger partial charge in [-0.15, -0.1) is 0 Å². The van der Waals surface area contributed by atoms with Crippen molar-refractivity contribution in [2.24, 2.45) is 11.8 Å². The van der Waals surface area contributed by atoms with Crippen molar-refractivity contribution >= 4 is 6.29 Å². The molecular formula is C9H18O2. The van der Waals surface area contributed by atoms with Crippen LogP contribution in [0.25, 0.3) is 0 Å². The molecule has 2 atom stereocenters. The summed E-state index contributed by atoms with van der Waals surface area (Å²) in [5.74, 6) is 1.01. The van der Waals surface area contributed by atoms with Crippen molar-refractivity contribution in [1.82, 2.24) is 0 Å². The summed E-state index contributed by atoms with van der Waals surface area (Å²) in [6.45, 7) is 8.99. The van der Waals surface area contributed by atoms with Crippen LogP contribution in [0, 0.1) is 11.8 Å². The van der Waals surface area contributed by atoms with Crippen LogP contribution in [0.3, 0.4) is 0 Å². The molecule has 1 fully saturated rings. The van der Waals surface area contributed by atoms with E-state index in [4.69, 9.17) is 4.74 Å². The third-order valence-corrected chi connectivity index (χ3v) is 1.70. The highest BCUT2D eigenvalue weighted by Gasteiger charge is 2.21. The lowest BCUT2D eigenvalue weighted by atomic mass is 10.0. The second-order valence-electron chi connectivity index (χ2n) is 3.40. The molecule has 1 heterocycles. The Morgan fingerprint density at radius 1 is 1.45 bits per heavy atom. The van der Waals surface area contributed by atoms with Crippen molar-refractivity contribution < 1.29 is 9.53 Å². The Kier molecular flexibility index (Phi) is 5.12. The first-order valence-electron chi connectivity index (χ1n) is 4.14. The Balaban J connectivity index is 0.000000187. The SMILES string of the molecule is CC(C)C=O.CC1COC1C. The number of hydrogen-bond acceptors (Lipinski definition) is 2. The number of hydrogen-bond donors (Lipinski definition) is 0. The first kappa shape index (κ1) is 10.6. The lowest BCUT2D eigenvalue weighted by Crippen LogP contribution is -2.34. The lowest BCUT2D eigenvalue weighted by Gasteiger charge is -2.30. The molecule has 11 heavy (non-hydrogen) atoms. The zero-order valence-electron chi connectivity index (χ0n) is 7.83. The molecule has 0 aromatic carbocycles. The third-order valence-electron chi connectivity index (χ3n) is 1.70. The van der Waals surface area contributed by atoms with E-state index in [0.29, 0.717) is 6.10 Å². The molecule has 0 aliphatic carbocycles. The molecule has 1 saturated heterocycles. The molecule has 1 aliphatic heterocycles. The monoisotopic (exact) mass is 158 g/mol. The van der Waals surface area contributed by atoms with Crippen LogP contribution in [0.5, 0.6) is 0 Å². The highest BCUT2D eigenvalue weighted by Crippen LogP contribution is 2.17. The summed E-state index contributed by atoms with van der Waals surface area (Å²) in [5, 5.41) is 0. The van der Waals surface area contributed by atoms with Gasteiger partial charge in [0.2, 0.25) is 0 Å². The third kappa shape index (κ3) is 4.96. The number of carbonyl (C=O) groups is 1. The minimum absolute atomic E-state index is 0.204. The molecule has 0 aromatic heterocycles. The van der Waals surface area contributed by atoms with Crippen LogP contribution in [-0.2, 0) is 9.53 Å². The molecule has 1 aliphatic rings. The fourth-order valence-electron chi connectivity index (χ4n) is 0.481. The molecule has 0 N–H and O–H groups in total. The number of rotatable bonds is 1. The highest BCUT2D eigenvalue weighted by atomic mass is 16.5. The van der Waals surface area contributed by atoms with Crippen LogP contribution in [0.4, 0.5) is 0 Å². The van der Waals surface area contributed by atoms with Crippen molar-refractivity contribution in [3.63, 3.8) is 0 Å². The fourth-order valence-corrected chi connectivity index (χ4v) is 0.481. The predicted octanol–water partition coefficient (Wildman–Crippen LogP) is 1.88. The van der Waals surface area contributed by atoms with Gasteiger partial charge in [0.05, 0.1) is 12.7 Å². The van der Waals surface area contributed by atoms with Gasteiger partial charge in [-0.1, -0.05) is 20.8 Å². The van der Waals surface area contributed by atoms with Crippen molar-refractivity contribution in [1.29, 1.82) is 0 Å². The van der Waals surface area contributed by atoms with Gasteiger partial charge >= 0.3 is 0 Å². The van der Waals surface area contributed by atoms with Crippen LogP contribution in [0.2, 0.25) is 0 Å².